The molecule has 1 amide bonds. The summed E-state index contributed by atoms with van der Waals surface area (Å²) in [6.07, 6.45) is 7.43. The van der Waals surface area contributed by atoms with Crippen LogP contribution in [-0.2, 0) is 5.60 Å². The van der Waals surface area contributed by atoms with Crippen LogP contribution in [0.2, 0.25) is 0 Å². The molecule has 5 rings (SSSR count). The molecule has 2 aliphatic rings. The maximum atomic E-state index is 13.5. The van der Waals surface area contributed by atoms with E-state index in [-0.39, 0.29) is 17.9 Å². The molecule has 0 bridgehead atoms. The predicted molar refractivity (Wildman–Crippen MR) is 108 cm³/mol. The van der Waals surface area contributed by atoms with Gasteiger partial charge in [0.05, 0.1) is 29.3 Å². The summed E-state index contributed by atoms with van der Waals surface area (Å²) in [5, 5.41) is 23.1. The fourth-order valence-corrected chi connectivity index (χ4v) is 4.41. The van der Waals surface area contributed by atoms with Crippen molar-refractivity contribution in [2.75, 3.05) is 6.54 Å². The molecule has 8 nitrogen and oxygen atoms in total. The summed E-state index contributed by atoms with van der Waals surface area (Å²) < 4.78 is 5.48. The molecule has 0 radical (unpaired) electrons. The van der Waals surface area contributed by atoms with Crippen molar-refractivity contribution < 1.29 is 14.4 Å². The first kappa shape index (κ1) is 19.0. The van der Waals surface area contributed by atoms with Crippen LogP contribution >= 0.6 is 0 Å². The Kier molecular flexibility index (Phi) is 4.66. The van der Waals surface area contributed by atoms with Crippen molar-refractivity contribution in [2.24, 2.45) is 0 Å². The number of piperidine rings is 1. The number of hydrogen-bond donors (Lipinski definition) is 1. The Hall–Kier alpha value is -3.00. The quantitative estimate of drug-likeness (QED) is 0.714. The Morgan fingerprint density at radius 2 is 1.97 bits per heavy atom. The summed E-state index contributed by atoms with van der Waals surface area (Å²) in [6, 6.07) is 9.40. The van der Waals surface area contributed by atoms with Gasteiger partial charge in [-0.2, -0.15) is 15.0 Å². The number of hydrogen-bond acceptors (Lipinski definition) is 6. The number of nitrogens with zero attached hydrogens (tertiary/aromatic N) is 5. The molecule has 2 atom stereocenters. The third kappa shape index (κ3) is 3.21. The lowest BCUT2D eigenvalue weighted by molar-refractivity contribution is -0.0602. The molecule has 2 fully saturated rings. The van der Waals surface area contributed by atoms with Crippen LogP contribution in [0, 0.1) is 0 Å². The van der Waals surface area contributed by atoms with E-state index in [9.17, 15) is 9.90 Å². The topological polar surface area (TPSA) is 97.3 Å². The van der Waals surface area contributed by atoms with Crippen LogP contribution in [0.25, 0.3) is 5.69 Å². The largest absolute Gasteiger partial charge is 0.382 e. The van der Waals surface area contributed by atoms with E-state index in [1.54, 1.807) is 12.4 Å². The Morgan fingerprint density at radius 3 is 2.70 bits per heavy atom. The van der Waals surface area contributed by atoms with Gasteiger partial charge >= 0.3 is 0 Å². The van der Waals surface area contributed by atoms with Crippen LogP contribution in [0.1, 0.15) is 66.8 Å². The van der Waals surface area contributed by atoms with Gasteiger partial charge in [-0.05, 0) is 51.2 Å². The molecule has 3 heterocycles. The van der Waals surface area contributed by atoms with Crippen LogP contribution < -0.4 is 0 Å². The highest BCUT2D eigenvalue weighted by atomic mass is 16.5. The van der Waals surface area contributed by atoms with Crippen LogP contribution in [-0.4, -0.2) is 48.7 Å². The summed E-state index contributed by atoms with van der Waals surface area (Å²) >= 11 is 0. The number of aliphatic hydroxyl groups is 1. The van der Waals surface area contributed by atoms with Gasteiger partial charge in [0.25, 0.3) is 5.91 Å². The molecule has 1 saturated heterocycles. The van der Waals surface area contributed by atoms with Gasteiger partial charge in [0.1, 0.15) is 5.60 Å². The summed E-state index contributed by atoms with van der Waals surface area (Å²) in [5.74, 6) is 0.595. The number of rotatable bonds is 4. The first-order valence-electron chi connectivity index (χ1n) is 10.5. The van der Waals surface area contributed by atoms with Gasteiger partial charge in [-0.3, -0.25) is 4.79 Å². The Labute approximate surface area is 174 Å². The molecule has 1 aromatic carbocycles. The van der Waals surface area contributed by atoms with Crippen molar-refractivity contribution in [3.05, 3.63) is 59.7 Å². The second-order valence-electron chi connectivity index (χ2n) is 8.42. The van der Waals surface area contributed by atoms with Gasteiger partial charge in [0, 0.05) is 24.6 Å². The molecule has 2 aromatic heterocycles. The monoisotopic (exact) mass is 407 g/mol. The minimum Gasteiger partial charge on any atom is -0.382 e. The lowest BCUT2D eigenvalue weighted by Gasteiger charge is -2.37. The van der Waals surface area contributed by atoms with E-state index in [0.29, 0.717) is 36.4 Å². The maximum absolute atomic E-state index is 13.5. The Balaban J connectivity index is 1.39. The summed E-state index contributed by atoms with van der Waals surface area (Å²) in [5.41, 5.74) is 1.19. The lowest BCUT2D eigenvalue weighted by Crippen LogP contribution is -2.45. The zero-order chi connectivity index (χ0) is 20.7. The molecule has 1 saturated carbocycles. The highest BCUT2D eigenvalue weighted by molar-refractivity contribution is 5.98. The van der Waals surface area contributed by atoms with Crippen LogP contribution in [0.15, 0.2) is 47.2 Å². The number of benzene rings is 1. The molecule has 3 aromatic rings. The molecular weight excluding hydrogens is 382 g/mol. The second kappa shape index (κ2) is 7.36. The van der Waals surface area contributed by atoms with Gasteiger partial charge in [-0.1, -0.05) is 17.3 Å². The zero-order valence-corrected chi connectivity index (χ0v) is 16.9. The fraction of sp³-hybridized carbons (Fsp3) is 0.455. The number of amides is 1. The van der Waals surface area contributed by atoms with E-state index in [0.717, 1.165) is 25.0 Å². The van der Waals surface area contributed by atoms with Gasteiger partial charge < -0.3 is 14.5 Å². The van der Waals surface area contributed by atoms with E-state index in [4.69, 9.17) is 4.52 Å². The maximum Gasteiger partial charge on any atom is 0.256 e. The van der Waals surface area contributed by atoms with Gasteiger partial charge in [-0.15, -0.1) is 0 Å². The minimum absolute atomic E-state index is 0.0403. The first-order chi connectivity index (χ1) is 14.5. The third-order valence-electron chi connectivity index (χ3n) is 6.50. The number of aromatic nitrogens is 4. The molecule has 0 spiro atoms. The number of carbonyl (C=O) groups excluding carboxylic acids is 1. The highest BCUT2D eigenvalue weighted by Crippen LogP contribution is 2.42. The molecule has 0 unspecified atom stereocenters. The Bertz CT molecular complexity index is 1040. The fourth-order valence-electron chi connectivity index (χ4n) is 4.41. The van der Waals surface area contributed by atoms with Crippen molar-refractivity contribution in [1.29, 1.82) is 0 Å². The summed E-state index contributed by atoms with van der Waals surface area (Å²) in [6.45, 7) is 2.64. The van der Waals surface area contributed by atoms with E-state index in [1.807, 2.05) is 35.2 Å². The average Bonchev–Trinajstić information content (AvgIpc) is 3.44. The molecular formula is C22H25N5O3. The molecule has 8 heteroatoms. The molecule has 30 heavy (non-hydrogen) atoms. The summed E-state index contributed by atoms with van der Waals surface area (Å²) in [7, 11) is 0. The van der Waals surface area contributed by atoms with Crippen LogP contribution in [0.4, 0.5) is 0 Å². The molecule has 156 valence electrons. The van der Waals surface area contributed by atoms with Crippen molar-refractivity contribution >= 4 is 5.91 Å². The van der Waals surface area contributed by atoms with Crippen molar-refractivity contribution in [3.8, 4) is 5.69 Å². The SMILES string of the molecule is C[C@@H]1CC[C@@H](c2cc(C3(O)CCC3)on2)CN1C(=O)c1ccccc1-n1nccn1. The van der Waals surface area contributed by atoms with Gasteiger partial charge in [-0.25, -0.2) is 0 Å². The smallest absolute Gasteiger partial charge is 0.256 e. The molecule has 1 aliphatic heterocycles. The second-order valence-corrected chi connectivity index (χ2v) is 8.42. The highest BCUT2D eigenvalue weighted by Gasteiger charge is 2.41. The standard InChI is InChI=1S/C22H25N5O3/c1-15-7-8-16(18-13-20(30-25-18)22(29)9-4-10-22)14-26(15)21(28)17-5-2-3-6-19(17)27-23-11-12-24-27/h2-3,5-6,11-13,15-16,29H,4,7-10,14H2,1H3/t15-,16-/m1/s1. The number of para-hydroxylation sites is 1. The predicted octanol–water partition coefficient (Wildman–Crippen LogP) is 3.04. The number of likely N-dealkylation sites (tertiary alicyclic amines) is 1. The Morgan fingerprint density at radius 1 is 1.20 bits per heavy atom. The lowest BCUT2D eigenvalue weighted by atomic mass is 9.78. The van der Waals surface area contributed by atoms with Crippen LogP contribution in [0.5, 0.6) is 0 Å². The van der Waals surface area contributed by atoms with Crippen molar-refractivity contribution in [3.63, 3.8) is 0 Å². The van der Waals surface area contributed by atoms with Crippen molar-refractivity contribution in [2.45, 2.75) is 56.6 Å². The van der Waals surface area contributed by atoms with E-state index >= 15 is 0 Å². The van der Waals surface area contributed by atoms with E-state index in [2.05, 4.69) is 22.3 Å². The third-order valence-corrected chi connectivity index (χ3v) is 6.50. The normalized spacial score (nSPS) is 23.2. The molecule has 1 aliphatic carbocycles. The van der Waals surface area contributed by atoms with E-state index in [1.165, 1.54) is 4.80 Å². The summed E-state index contributed by atoms with van der Waals surface area (Å²) in [4.78, 5) is 16.9. The van der Waals surface area contributed by atoms with Gasteiger partial charge in [0.2, 0.25) is 0 Å². The first-order valence-corrected chi connectivity index (χ1v) is 10.5. The van der Waals surface area contributed by atoms with Crippen LogP contribution in [0.3, 0.4) is 0 Å². The zero-order valence-electron chi connectivity index (χ0n) is 16.9. The number of carbonyl (C=O) groups is 1. The average molecular weight is 407 g/mol. The molecule has 1 N–H and O–H groups in total. The minimum atomic E-state index is -0.863. The van der Waals surface area contributed by atoms with Crippen molar-refractivity contribution in [1.82, 2.24) is 25.1 Å². The van der Waals surface area contributed by atoms with Gasteiger partial charge in [0.15, 0.2) is 5.76 Å². The van der Waals surface area contributed by atoms with E-state index < -0.39 is 5.60 Å².